The molecule has 0 spiro atoms. The maximum absolute atomic E-state index is 12.0. The van der Waals surface area contributed by atoms with Gasteiger partial charge in [-0.1, -0.05) is 34.1 Å². The second kappa shape index (κ2) is 4.78. The Morgan fingerprint density at radius 2 is 2.06 bits per heavy atom. The molecule has 0 aromatic heterocycles. The van der Waals surface area contributed by atoms with Crippen molar-refractivity contribution in [2.24, 2.45) is 5.73 Å². The zero-order chi connectivity index (χ0) is 12.6. The molecular weight excluding hydrogens is 280 g/mol. The van der Waals surface area contributed by atoms with Crippen LogP contribution in [0.3, 0.4) is 0 Å². The molecule has 1 fully saturated rings. The number of benzene rings is 1. The van der Waals surface area contributed by atoms with Crippen LogP contribution < -0.4 is 5.73 Å². The summed E-state index contributed by atoms with van der Waals surface area (Å²) in [7, 11) is 0. The van der Waals surface area contributed by atoms with Gasteiger partial charge in [0.25, 0.3) is 0 Å². The molecular formula is C13H17BrN2O. The van der Waals surface area contributed by atoms with Crippen LogP contribution in [0.1, 0.15) is 31.9 Å². The summed E-state index contributed by atoms with van der Waals surface area (Å²) >= 11 is 3.54. The number of nitrogens with zero attached hydrogens (tertiary/aromatic N) is 1. The third-order valence-electron chi connectivity index (χ3n) is 3.18. The molecule has 2 rings (SSSR count). The molecule has 2 unspecified atom stereocenters. The van der Waals surface area contributed by atoms with Crippen molar-refractivity contribution < 1.29 is 4.79 Å². The van der Waals surface area contributed by atoms with Crippen molar-refractivity contribution in [2.75, 3.05) is 0 Å². The Kier molecular flexibility index (Phi) is 3.54. The highest BCUT2D eigenvalue weighted by molar-refractivity contribution is 9.10. The minimum absolute atomic E-state index is 0.0157. The first-order valence-electron chi connectivity index (χ1n) is 5.83. The molecule has 1 aromatic carbocycles. The smallest absolute Gasteiger partial charge is 0.225 e. The molecule has 1 aliphatic rings. The minimum Gasteiger partial charge on any atom is -0.332 e. The molecule has 0 saturated carbocycles. The lowest BCUT2D eigenvalue weighted by Gasteiger charge is -2.31. The topological polar surface area (TPSA) is 46.3 Å². The number of halogens is 1. The maximum atomic E-state index is 12.0. The van der Waals surface area contributed by atoms with Crippen molar-refractivity contribution in [3.8, 4) is 0 Å². The Balaban J connectivity index is 2.42. The van der Waals surface area contributed by atoms with Crippen LogP contribution >= 0.6 is 15.9 Å². The summed E-state index contributed by atoms with van der Waals surface area (Å²) in [5.74, 6) is 0.147. The highest BCUT2D eigenvalue weighted by Gasteiger charge is 2.40. The normalized spacial score (nSPS) is 24.8. The van der Waals surface area contributed by atoms with E-state index in [-0.39, 0.29) is 24.0 Å². The van der Waals surface area contributed by atoms with Crippen LogP contribution in [0.15, 0.2) is 28.7 Å². The summed E-state index contributed by atoms with van der Waals surface area (Å²) in [5, 5.41) is 0. The van der Waals surface area contributed by atoms with Crippen LogP contribution in [0.4, 0.5) is 0 Å². The van der Waals surface area contributed by atoms with Crippen molar-refractivity contribution in [3.63, 3.8) is 0 Å². The fourth-order valence-electron chi connectivity index (χ4n) is 2.48. The molecule has 4 heteroatoms. The SMILES string of the molecule is CC(C)N1C(=O)CC(N)C1c1ccccc1Br. The van der Waals surface area contributed by atoms with Gasteiger partial charge in [-0.15, -0.1) is 0 Å². The molecule has 1 aromatic rings. The number of amides is 1. The molecule has 1 saturated heterocycles. The Hall–Kier alpha value is -0.870. The molecule has 0 aliphatic carbocycles. The Morgan fingerprint density at radius 1 is 1.41 bits per heavy atom. The van der Waals surface area contributed by atoms with Gasteiger partial charge in [-0.25, -0.2) is 0 Å². The first-order chi connectivity index (χ1) is 8.02. The zero-order valence-electron chi connectivity index (χ0n) is 10.1. The third kappa shape index (κ3) is 2.24. The molecule has 1 amide bonds. The van der Waals surface area contributed by atoms with Gasteiger partial charge in [0.05, 0.1) is 6.04 Å². The van der Waals surface area contributed by atoms with Gasteiger partial charge < -0.3 is 10.6 Å². The highest BCUT2D eigenvalue weighted by atomic mass is 79.9. The second-order valence-corrected chi connectivity index (χ2v) is 5.58. The van der Waals surface area contributed by atoms with E-state index in [4.69, 9.17) is 5.73 Å². The van der Waals surface area contributed by atoms with E-state index in [2.05, 4.69) is 15.9 Å². The van der Waals surface area contributed by atoms with Crippen LogP contribution in [0, 0.1) is 0 Å². The Bertz CT molecular complexity index is 433. The summed E-state index contributed by atoms with van der Waals surface area (Å²) in [6.07, 6.45) is 0.435. The van der Waals surface area contributed by atoms with E-state index in [1.165, 1.54) is 0 Å². The number of carbonyl (C=O) groups is 1. The fraction of sp³-hybridized carbons (Fsp3) is 0.462. The molecule has 3 nitrogen and oxygen atoms in total. The van der Waals surface area contributed by atoms with Crippen LogP contribution in [0.25, 0.3) is 0 Å². The third-order valence-corrected chi connectivity index (χ3v) is 3.91. The summed E-state index contributed by atoms with van der Waals surface area (Å²) < 4.78 is 1.01. The van der Waals surface area contributed by atoms with Gasteiger partial charge in [-0.2, -0.15) is 0 Å². The van der Waals surface area contributed by atoms with Gasteiger partial charge in [0, 0.05) is 23.0 Å². The molecule has 92 valence electrons. The van der Waals surface area contributed by atoms with Crippen molar-refractivity contribution >= 4 is 21.8 Å². The van der Waals surface area contributed by atoms with Gasteiger partial charge in [0.15, 0.2) is 0 Å². The fourth-order valence-corrected chi connectivity index (χ4v) is 3.00. The minimum atomic E-state index is -0.122. The lowest BCUT2D eigenvalue weighted by atomic mass is 10.0. The van der Waals surface area contributed by atoms with E-state index >= 15 is 0 Å². The standard InChI is InChI=1S/C13H17BrN2O/c1-8(2)16-12(17)7-11(15)13(16)9-5-3-4-6-10(9)14/h3-6,8,11,13H,7,15H2,1-2H3. The summed E-state index contributed by atoms with van der Waals surface area (Å²) in [5.41, 5.74) is 7.21. The monoisotopic (exact) mass is 296 g/mol. The van der Waals surface area contributed by atoms with E-state index in [0.717, 1.165) is 10.0 Å². The molecule has 17 heavy (non-hydrogen) atoms. The summed E-state index contributed by atoms with van der Waals surface area (Å²) in [4.78, 5) is 13.8. The van der Waals surface area contributed by atoms with Crippen LogP contribution in [0.5, 0.6) is 0 Å². The average Bonchev–Trinajstić information content (AvgIpc) is 2.54. The molecule has 2 atom stereocenters. The van der Waals surface area contributed by atoms with Crippen LogP contribution in [0.2, 0.25) is 0 Å². The Morgan fingerprint density at radius 3 is 2.65 bits per heavy atom. The largest absolute Gasteiger partial charge is 0.332 e. The number of hydrogen-bond acceptors (Lipinski definition) is 2. The highest BCUT2D eigenvalue weighted by Crippen LogP contribution is 2.36. The van der Waals surface area contributed by atoms with E-state index in [1.807, 2.05) is 43.0 Å². The van der Waals surface area contributed by atoms with E-state index in [1.54, 1.807) is 0 Å². The van der Waals surface area contributed by atoms with E-state index in [9.17, 15) is 4.79 Å². The predicted molar refractivity (Wildman–Crippen MR) is 71.5 cm³/mol. The predicted octanol–water partition coefficient (Wildman–Crippen LogP) is 2.46. The quantitative estimate of drug-likeness (QED) is 0.911. The van der Waals surface area contributed by atoms with Crippen molar-refractivity contribution in [1.82, 2.24) is 4.90 Å². The van der Waals surface area contributed by atoms with Gasteiger partial charge in [-0.3, -0.25) is 4.79 Å². The average molecular weight is 297 g/mol. The number of nitrogens with two attached hydrogens (primary N) is 1. The molecule has 1 aliphatic heterocycles. The van der Waals surface area contributed by atoms with Gasteiger partial charge in [0.1, 0.15) is 0 Å². The maximum Gasteiger partial charge on any atom is 0.225 e. The van der Waals surface area contributed by atoms with E-state index < -0.39 is 0 Å². The van der Waals surface area contributed by atoms with Crippen molar-refractivity contribution in [1.29, 1.82) is 0 Å². The first kappa shape index (κ1) is 12.6. The number of likely N-dealkylation sites (tertiary alicyclic amines) is 1. The molecule has 1 heterocycles. The van der Waals surface area contributed by atoms with Crippen molar-refractivity contribution in [3.05, 3.63) is 34.3 Å². The Labute approximate surface area is 110 Å². The first-order valence-corrected chi connectivity index (χ1v) is 6.63. The number of hydrogen-bond donors (Lipinski definition) is 1. The second-order valence-electron chi connectivity index (χ2n) is 4.73. The molecule has 0 bridgehead atoms. The van der Waals surface area contributed by atoms with Crippen LogP contribution in [-0.4, -0.2) is 22.9 Å². The molecule has 2 N–H and O–H groups in total. The van der Waals surface area contributed by atoms with Crippen LogP contribution in [-0.2, 0) is 4.79 Å². The zero-order valence-corrected chi connectivity index (χ0v) is 11.6. The van der Waals surface area contributed by atoms with Gasteiger partial charge >= 0.3 is 0 Å². The number of rotatable bonds is 2. The number of carbonyl (C=O) groups excluding carboxylic acids is 1. The lowest BCUT2D eigenvalue weighted by Crippen LogP contribution is -2.37. The lowest BCUT2D eigenvalue weighted by molar-refractivity contribution is -0.130. The van der Waals surface area contributed by atoms with Gasteiger partial charge in [-0.05, 0) is 25.5 Å². The molecule has 0 radical (unpaired) electrons. The summed E-state index contributed by atoms with van der Waals surface area (Å²) in [6, 6.07) is 8.00. The van der Waals surface area contributed by atoms with Crippen molar-refractivity contribution in [2.45, 2.75) is 38.4 Å². The summed E-state index contributed by atoms with van der Waals surface area (Å²) in [6.45, 7) is 4.06. The van der Waals surface area contributed by atoms with Gasteiger partial charge in [0.2, 0.25) is 5.91 Å². The van der Waals surface area contributed by atoms with E-state index in [0.29, 0.717) is 6.42 Å².